The number of hydrogen-bond acceptors (Lipinski definition) is 1. The van der Waals surface area contributed by atoms with Crippen molar-refractivity contribution in [3.05, 3.63) is 0 Å². The second-order valence-corrected chi connectivity index (χ2v) is 2.88. The topological polar surface area (TPSA) is 26.5 Å². The summed E-state index contributed by atoms with van der Waals surface area (Å²) in [4.78, 5) is 4.37. The van der Waals surface area contributed by atoms with Crippen molar-refractivity contribution >= 4 is 6.21 Å². The summed E-state index contributed by atoms with van der Waals surface area (Å²) >= 11 is 0. The Morgan fingerprint density at radius 3 is 3.00 bits per heavy atom. The zero-order chi connectivity index (χ0) is 6.10. The minimum absolute atomic E-state index is 0.545. The molecule has 49 valence electrons. The first-order valence-corrected chi connectivity index (χ1v) is 3.62. The standard InChI is InChI=1S/C7H11N2/c1-2-7-5-8-3-6(1)4-9-7/h4,6-7H,1-3,5H2. The molecule has 2 unspecified atom stereocenters. The van der Waals surface area contributed by atoms with Crippen LogP contribution in [0.2, 0.25) is 0 Å². The summed E-state index contributed by atoms with van der Waals surface area (Å²) in [6, 6.07) is 0.545. The van der Waals surface area contributed by atoms with E-state index in [1.54, 1.807) is 0 Å². The van der Waals surface area contributed by atoms with Gasteiger partial charge in [-0.3, -0.25) is 4.99 Å². The molecule has 3 heterocycles. The number of rotatable bonds is 0. The van der Waals surface area contributed by atoms with Crippen molar-refractivity contribution in [3.63, 3.8) is 0 Å². The summed E-state index contributed by atoms with van der Waals surface area (Å²) in [5.41, 5.74) is 0. The molecule has 0 aromatic rings. The largest absolute Gasteiger partial charge is 0.292 e. The first-order valence-electron chi connectivity index (χ1n) is 3.62. The summed E-state index contributed by atoms with van der Waals surface area (Å²) in [5, 5.41) is 4.37. The van der Waals surface area contributed by atoms with Gasteiger partial charge in [-0.2, -0.15) is 0 Å². The molecule has 0 aliphatic carbocycles. The van der Waals surface area contributed by atoms with Crippen LogP contribution >= 0.6 is 0 Å². The number of hydrogen-bond donors (Lipinski definition) is 0. The lowest BCUT2D eigenvalue weighted by atomic mass is 10.0. The minimum Gasteiger partial charge on any atom is -0.292 e. The molecule has 1 radical (unpaired) electrons. The Morgan fingerprint density at radius 2 is 2.22 bits per heavy atom. The van der Waals surface area contributed by atoms with E-state index in [0.717, 1.165) is 13.1 Å². The highest BCUT2D eigenvalue weighted by atomic mass is 15.0. The van der Waals surface area contributed by atoms with Crippen molar-refractivity contribution < 1.29 is 0 Å². The fraction of sp³-hybridized carbons (Fsp3) is 0.857. The van der Waals surface area contributed by atoms with Gasteiger partial charge < -0.3 is 0 Å². The first kappa shape index (κ1) is 5.42. The Kier molecular flexibility index (Phi) is 1.27. The monoisotopic (exact) mass is 123 g/mol. The third-order valence-electron chi connectivity index (χ3n) is 2.08. The van der Waals surface area contributed by atoms with Crippen LogP contribution < -0.4 is 5.32 Å². The smallest absolute Gasteiger partial charge is 0.0637 e. The minimum atomic E-state index is 0.545. The molecular formula is C7H11N2. The van der Waals surface area contributed by atoms with Crippen LogP contribution in [0.3, 0.4) is 0 Å². The average molecular weight is 123 g/mol. The van der Waals surface area contributed by atoms with Gasteiger partial charge in [0.25, 0.3) is 0 Å². The fourth-order valence-corrected chi connectivity index (χ4v) is 1.47. The molecule has 0 spiro atoms. The normalized spacial score (nSPS) is 40.9. The number of nitrogens with zero attached hydrogens (tertiary/aromatic N) is 2. The van der Waals surface area contributed by atoms with Gasteiger partial charge in [0.15, 0.2) is 0 Å². The van der Waals surface area contributed by atoms with Gasteiger partial charge in [0.05, 0.1) is 6.04 Å². The van der Waals surface area contributed by atoms with Gasteiger partial charge in [-0.1, -0.05) is 0 Å². The van der Waals surface area contributed by atoms with Crippen molar-refractivity contribution in [1.29, 1.82) is 0 Å². The molecule has 0 saturated carbocycles. The molecule has 0 aromatic carbocycles. The van der Waals surface area contributed by atoms with E-state index in [-0.39, 0.29) is 0 Å². The van der Waals surface area contributed by atoms with Crippen molar-refractivity contribution in [2.45, 2.75) is 18.9 Å². The van der Waals surface area contributed by atoms with E-state index >= 15 is 0 Å². The van der Waals surface area contributed by atoms with Crippen LogP contribution in [-0.4, -0.2) is 25.3 Å². The molecule has 3 aliphatic heterocycles. The molecule has 0 amide bonds. The summed E-state index contributed by atoms with van der Waals surface area (Å²) in [7, 11) is 0. The highest BCUT2D eigenvalue weighted by Gasteiger charge is 2.20. The zero-order valence-corrected chi connectivity index (χ0v) is 5.45. The van der Waals surface area contributed by atoms with Crippen LogP contribution in [0.5, 0.6) is 0 Å². The SMILES string of the molecule is C1=NC2CCC1C[N]C2. The maximum Gasteiger partial charge on any atom is 0.0637 e. The molecule has 2 atom stereocenters. The lowest BCUT2D eigenvalue weighted by molar-refractivity contribution is 0.565. The van der Waals surface area contributed by atoms with E-state index in [0.29, 0.717) is 12.0 Å². The third-order valence-corrected chi connectivity index (χ3v) is 2.08. The molecule has 0 N–H and O–H groups in total. The van der Waals surface area contributed by atoms with Gasteiger partial charge >= 0.3 is 0 Å². The Balaban J connectivity index is 2.15. The molecule has 1 fully saturated rings. The van der Waals surface area contributed by atoms with Crippen molar-refractivity contribution in [2.75, 3.05) is 13.1 Å². The molecule has 9 heavy (non-hydrogen) atoms. The van der Waals surface area contributed by atoms with E-state index in [2.05, 4.69) is 16.5 Å². The van der Waals surface area contributed by atoms with Crippen LogP contribution in [0.25, 0.3) is 0 Å². The molecule has 3 aliphatic rings. The summed E-state index contributed by atoms with van der Waals surface area (Å²) in [6.07, 6.45) is 4.69. The lowest BCUT2D eigenvalue weighted by Crippen LogP contribution is -2.15. The van der Waals surface area contributed by atoms with Crippen molar-refractivity contribution in [2.24, 2.45) is 10.9 Å². The third kappa shape index (κ3) is 0.990. The first-order chi connectivity index (χ1) is 4.45. The zero-order valence-electron chi connectivity index (χ0n) is 5.45. The average Bonchev–Trinajstić information content (AvgIpc) is 2.21. The van der Waals surface area contributed by atoms with Crippen LogP contribution in [0.1, 0.15) is 12.8 Å². The molecular weight excluding hydrogens is 112 g/mol. The van der Waals surface area contributed by atoms with Crippen molar-refractivity contribution in [3.8, 4) is 0 Å². The molecule has 2 bridgehead atoms. The van der Waals surface area contributed by atoms with E-state index < -0.39 is 0 Å². The molecule has 2 heteroatoms. The maximum atomic E-state index is 4.37. The number of aliphatic imine (C=N–C) groups is 1. The van der Waals surface area contributed by atoms with Gasteiger partial charge in [-0.05, 0) is 12.8 Å². The van der Waals surface area contributed by atoms with Crippen LogP contribution in [0, 0.1) is 5.92 Å². The number of fused-ring (bicyclic) bond motifs is 3. The Labute approximate surface area is 55.4 Å². The second kappa shape index (κ2) is 2.10. The predicted molar refractivity (Wildman–Crippen MR) is 36.9 cm³/mol. The van der Waals surface area contributed by atoms with Gasteiger partial charge in [-0.15, -0.1) is 0 Å². The predicted octanol–water partition coefficient (Wildman–Crippen LogP) is 0.454. The fourth-order valence-electron chi connectivity index (χ4n) is 1.47. The second-order valence-electron chi connectivity index (χ2n) is 2.88. The highest BCUT2D eigenvalue weighted by Crippen LogP contribution is 2.17. The Bertz CT molecular complexity index is 113. The van der Waals surface area contributed by atoms with E-state index in [1.165, 1.54) is 12.8 Å². The Morgan fingerprint density at radius 1 is 1.22 bits per heavy atom. The van der Waals surface area contributed by atoms with Crippen LogP contribution in [0.4, 0.5) is 0 Å². The van der Waals surface area contributed by atoms with Gasteiger partial charge in [0, 0.05) is 25.2 Å². The Hall–Kier alpha value is -0.370. The molecule has 2 nitrogen and oxygen atoms in total. The van der Waals surface area contributed by atoms with Gasteiger partial charge in [0.2, 0.25) is 0 Å². The van der Waals surface area contributed by atoms with E-state index in [9.17, 15) is 0 Å². The maximum absolute atomic E-state index is 4.37. The van der Waals surface area contributed by atoms with Gasteiger partial charge in [-0.25, -0.2) is 5.32 Å². The van der Waals surface area contributed by atoms with E-state index in [1.807, 2.05) is 0 Å². The van der Waals surface area contributed by atoms with Crippen molar-refractivity contribution in [1.82, 2.24) is 5.32 Å². The summed E-state index contributed by atoms with van der Waals surface area (Å²) < 4.78 is 0. The highest BCUT2D eigenvalue weighted by molar-refractivity contribution is 5.62. The van der Waals surface area contributed by atoms with E-state index in [4.69, 9.17) is 0 Å². The van der Waals surface area contributed by atoms with Crippen LogP contribution in [-0.2, 0) is 0 Å². The summed E-state index contributed by atoms with van der Waals surface area (Å²) in [6.45, 7) is 2.01. The summed E-state index contributed by atoms with van der Waals surface area (Å²) in [5.74, 6) is 0.684. The lowest BCUT2D eigenvalue weighted by Gasteiger charge is -2.13. The van der Waals surface area contributed by atoms with Crippen LogP contribution in [0.15, 0.2) is 4.99 Å². The molecule has 3 rings (SSSR count). The molecule has 0 aromatic heterocycles. The van der Waals surface area contributed by atoms with Gasteiger partial charge in [0.1, 0.15) is 0 Å². The molecule has 1 saturated heterocycles. The quantitative estimate of drug-likeness (QED) is 0.447.